The number of hydrogen-bond acceptors (Lipinski definition) is 3. The van der Waals surface area contributed by atoms with Crippen LogP contribution in [0.1, 0.15) is 11.1 Å². The number of carbonyl (C=O) groups is 1. The first-order chi connectivity index (χ1) is 6.63. The molecule has 0 radical (unpaired) electrons. The first kappa shape index (κ1) is 10.2. The molecule has 0 aromatic heterocycles. The molecule has 0 heterocycles. The number of nitrogens with one attached hydrogen (secondary N) is 1. The summed E-state index contributed by atoms with van der Waals surface area (Å²) < 4.78 is 0. The van der Waals surface area contributed by atoms with Crippen LogP contribution in [0.2, 0.25) is 0 Å². The van der Waals surface area contributed by atoms with Gasteiger partial charge in [-0.2, -0.15) is 0 Å². The van der Waals surface area contributed by atoms with Gasteiger partial charge in [-0.25, -0.2) is 0 Å². The molecule has 2 N–H and O–H groups in total. The predicted octanol–water partition coefficient (Wildman–Crippen LogP) is 1.70. The topological polar surface area (TPSA) is 61.7 Å². The molecular formula is C10H12N2O2. The summed E-state index contributed by atoms with van der Waals surface area (Å²) in [5.74, 6) is -0.448. The highest BCUT2D eigenvalue weighted by Gasteiger charge is 1.99. The van der Waals surface area contributed by atoms with Crippen molar-refractivity contribution in [1.82, 2.24) is 0 Å². The monoisotopic (exact) mass is 192 g/mol. The fraction of sp³-hybridized carbons (Fsp3) is 0.200. The van der Waals surface area contributed by atoms with Gasteiger partial charge in [-0.1, -0.05) is 11.2 Å². The fourth-order valence-corrected chi connectivity index (χ4v) is 1.05. The largest absolute Gasteiger partial charge is 0.411 e. The van der Waals surface area contributed by atoms with Crippen LogP contribution in [0.5, 0.6) is 0 Å². The molecule has 0 unspecified atom stereocenters. The van der Waals surface area contributed by atoms with Crippen molar-refractivity contribution in [3.63, 3.8) is 0 Å². The molecule has 1 aromatic rings. The molecular weight excluding hydrogens is 180 g/mol. The zero-order valence-electron chi connectivity index (χ0n) is 8.11. The Kier molecular flexibility index (Phi) is 3.23. The number of benzene rings is 1. The summed E-state index contributed by atoms with van der Waals surface area (Å²) in [4.78, 5) is 11.0. The molecule has 1 aromatic carbocycles. The molecule has 0 atom stereocenters. The zero-order valence-corrected chi connectivity index (χ0v) is 8.11. The van der Waals surface area contributed by atoms with Gasteiger partial charge >= 0.3 is 0 Å². The summed E-state index contributed by atoms with van der Waals surface area (Å²) in [5.41, 5.74) is 2.96. The zero-order chi connectivity index (χ0) is 10.6. The van der Waals surface area contributed by atoms with E-state index < -0.39 is 5.91 Å². The van der Waals surface area contributed by atoms with Crippen molar-refractivity contribution >= 4 is 17.8 Å². The molecule has 0 saturated heterocycles. The Balaban J connectivity index is 2.78. The Morgan fingerprint density at radius 1 is 1.43 bits per heavy atom. The lowest BCUT2D eigenvalue weighted by molar-refractivity contribution is -0.110. The number of rotatable bonds is 2. The summed E-state index contributed by atoms with van der Waals surface area (Å²) in [6.07, 6.45) is 0.815. The Bertz CT molecular complexity index is 372. The lowest BCUT2D eigenvalue weighted by atomic mass is 10.1. The summed E-state index contributed by atoms with van der Waals surface area (Å²) in [5, 5.41) is 13.3. The normalized spacial score (nSPS) is 10.4. The van der Waals surface area contributed by atoms with E-state index in [0.29, 0.717) is 5.69 Å². The number of oxime groups is 1. The standard InChI is InChI=1S/C10H12N2O2/c1-7-3-4-9(5-8(7)2)12-10(13)6-11-14/h3-6,14H,1-2H3,(H,12,13). The molecule has 74 valence electrons. The second kappa shape index (κ2) is 4.41. The molecule has 0 aliphatic carbocycles. The average molecular weight is 192 g/mol. The first-order valence-electron chi connectivity index (χ1n) is 4.19. The van der Waals surface area contributed by atoms with Crippen molar-refractivity contribution in [3.8, 4) is 0 Å². The molecule has 14 heavy (non-hydrogen) atoms. The van der Waals surface area contributed by atoms with E-state index in [4.69, 9.17) is 5.21 Å². The smallest absolute Gasteiger partial charge is 0.270 e. The second-order valence-electron chi connectivity index (χ2n) is 3.03. The van der Waals surface area contributed by atoms with Crippen LogP contribution in [0.15, 0.2) is 23.4 Å². The molecule has 0 saturated carbocycles. The minimum atomic E-state index is -0.448. The fourth-order valence-electron chi connectivity index (χ4n) is 1.05. The predicted molar refractivity (Wildman–Crippen MR) is 54.8 cm³/mol. The van der Waals surface area contributed by atoms with E-state index in [1.807, 2.05) is 26.0 Å². The lowest BCUT2D eigenvalue weighted by Gasteiger charge is -2.04. The van der Waals surface area contributed by atoms with Gasteiger partial charge in [-0.3, -0.25) is 4.79 Å². The number of anilines is 1. The maximum absolute atomic E-state index is 11.0. The molecule has 0 aliphatic heterocycles. The van der Waals surface area contributed by atoms with Crippen molar-refractivity contribution in [2.75, 3.05) is 5.32 Å². The van der Waals surface area contributed by atoms with Gasteiger partial charge in [0.05, 0.1) is 0 Å². The van der Waals surface area contributed by atoms with Crippen molar-refractivity contribution in [3.05, 3.63) is 29.3 Å². The Hall–Kier alpha value is -1.84. The van der Waals surface area contributed by atoms with Crippen LogP contribution in [0, 0.1) is 13.8 Å². The van der Waals surface area contributed by atoms with Crippen LogP contribution in [0.4, 0.5) is 5.69 Å². The molecule has 0 aliphatic rings. The van der Waals surface area contributed by atoms with Crippen molar-refractivity contribution in [1.29, 1.82) is 0 Å². The molecule has 1 rings (SSSR count). The van der Waals surface area contributed by atoms with E-state index in [9.17, 15) is 4.79 Å². The lowest BCUT2D eigenvalue weighted by Crippen LogP contribution is -2.12. The van der Waals surface area contributed by atoms with Crippen LogP contribution < -0.4 is 5.32 Å². The highest BCUT2D eigenvalue weighted by molar-refractivity contribution is 6.31. The van der Waals surface area contributed by atoms with Crippen LogP contribution in [-0.4, -0.2) is 17.3 Å². The van der Waals surface area contributed by atoms with Gasteiger partial charge in [0.15, 0.2) is 0 Å². The van der Waals surface area contributed by atoms with Gasteiger partial charge in [0.2, 0.25) is 0 Å². The van der Waals surface area contributed by atoms with E-state index in [1.165, 1.54) is 5.56 Å². The summed E-state index contributed by atoms with van der Waals surface area (Å²) >= 11 is 0. The maximum Gasteiger partial charge on any atom is 0.270 e. The van der Waals surface area contributed by atoms with Crippen molar-refractivity contribution in [2.24, 2.45) is 5.16 Å². The molecule has 4 heteroatoms. The van der Waals surface area contributed by atoms with E-state index in [0.717, 1.165) is 11.8 Å². The molecule has 0 spiro atoms. The summed E-state index contributed by atoms with van der Waals surface area (Å²) in [6, 6.07) is 5.57. The van der Waals surface area contributed by atoms with E-state index in [2.05, 4.69) is 10.5 Å². The number of nitrogens with zero attached hydrogens (tertiary/aromatic N) is 1. The third-order valence-corrected chi connectivity index (χ3v) is 1.95. The van der Waals surface area contributed by atoms with E-state index in [-0.39, 0.29) is 0 Å². The van der Waals surface area contributed by atoms with E-state index in [1.54, 1.807) is 6.07 Å². The SMILES string of the molecule is Cc1ccc(NC(=O)C=NO)cc1C. The van der Waals surface area contributed by atoms with Gasteiger partial charge in [0, 0.05) is 5.69 Å². The van der Waals surface area contributed by atoms with E-state index >= 15 is 0 Å². The summed E-state index contributed by atoms with van der Waals surface area (Å²) in [6.45, 7) is 3.96. The Labute approximate surface area is 82.2 Å². The second-order valence-corrected chi connectivity index (χ2v) is 3.03. The van der Waals surface area contributed by atoms with Gasteiger partial charge < -0.3 is 10.5 Å². The van der Waals surface area contributed by atoms with Crippen molar-refractivity contribution in [2.45, 2.75) is 13.8 Å². The minimum absolute atomic E-state index is 0.448. The average Bonchev–Trinajstić information content (AvgIpc) is 2.12. The van der Waals surface area contributed by atoms with Gasteiger partial charge in [0.1, 0.15) is 6.21 Å². The van der Waals surface area contributed by atoms with Crippen LogP contribution in [0.3, 0.4) is 0 Å². The highest BCUT2D eigenvalue weighted by Crippen LogP contribution is 2.13. The van der Waals surface area contributed by atoms with Gasteiger partial charge in [-0.05, 0) is 37.1 Å². The number of aryl methyl sites for hydroxylation is 2. The van der Waals surface area contributed by atoms with Crippen molar-refractivity contribution < 1.29 is 10.0 Å². The number of amides is 1. The Morgan fingerprint density at radius 2 is 2.14 bits per heavy atom. The molecule has 0 fully saturated rings. The van der Waals surface area contributed by atoms with Crippen LogP contribution >= 0.6 is 0 Å². The third-order valence-electron chi connectivity index (χ3n) is 1.95. The van der Waals surface area contributed by atoms with Crippen LogP contribution in [0.25, 0.3) is 0 Å². The first-order valence-corrected chi connectivity index (χ1v) is 4.19. The summed E-state index contributed by atoms with van der Waals surface area (Å²) in [7, 11) is 0. The number of carbonyl (C=O) groups excluding carboxylic acids is 1. The van der Waals surface area contributed by atoms with Gasteiger partial charge in [0.25, 0.3) is 5.91 Å². The maximum atomic E-state index is 11.0. The van der Waals surface area contributed by atoms with Crippen LogP contribution in [-0.2, 0) is 4.79 Å². The molecule has 0 bridgehead atoms. The van der Waals surface area contributed by atoms with Gasteiger partial charge in [-0.15, -0.1) is 0 Å². The molecule has 1 amide bonds. The Morgan fingerprint density at radius 3 is 2.71 bits per heavy atom. The minimum Gasteiger partial charge on any atom is -0.411 e. The third kappa shape index (κ3) is 2.58. The highest BCUT2D eigenvalue weighted by atomic mass is 16.4. The quantitative estimate of drug-likeness (QED) is 0.425. The number of hydrogen-bond donors (Lipinski definition) is 2. The molecule has 4 nitrogen and oxygen atoms in total.